The molecule has 0 bridgehead atoms. The number of ether oxygens (including phenoxy) is 1. The van der Waals surface area contributed by atoms with Crippen LogP contribution in [0, 0.1) is 0 Å². The highest BCUT2D eigenvalue weighted by Crippen LogP contribution is 2.05. The lowest BCUT2D eigenvalue weighted by Gasteiger charge is -1.93. The number of hydrogen-bond donors (Lipinski definition) is 0. The van der Waals surface area contributed by atoms with Gasteiger partial charge in [0.1, 0.15) is 18.3 Å². The molecular formula is C10H12O3. The van der Waals surface area contributed by atoms with Crippen LogP contribution >= 0.6 is 0 Å². The summed E-state index contributed by atoms with van der Waals surface area (Å²) in [6.45, 7) is 0. The highest BCUT2D eigenvalue weighted by molar-refractivity contribution is 5.72. The van der Waals surface area contributed by atoms with Crippen molar-refractivity contribution in [3.63, 3.8) is 0 Å². The fourth-order valence-electron chi connectivity index (χ4n) is 0.596. The van der Waals surface area contributed by atoms with Gasteiger partial charge in [-0.2, -0.15) is 0 Å². The van der Waals surface area contributed by atoms with Gasteiger partial charge < -0.3 is 14.3 Å². The summed E-state index contributed by atoms with van der Waals surface area (Å²) in [5, 5.41) is 0. The minimum absolute atomic E-state index is 0.0278. The first-order valence-electron chi connectivity index (χ1n) is 3.81. The molecule has 13 heavy (non-hydrogen) atoms. The normalized spacial score (nSPS) is 7.77. The molecule has 0 unspecified atom stereocenters. The summed E-state index contributed by atoms with van der Waals surface area (Å²) in [6, 6.07) is 9.68. The molecule has 0 aliphatic heterocycles. The Hall–Kier alpha value is -1.64. The number of hydrogen-bond acceptors (Lipinski definition) is 3. The van der Waals surface area contributed by atoms with Gasteiger partial charge in [-0.1, -0.05) is 18.2 Å². The van der Waals surface area contributed by atoms with E-state index >= 15 is 0 Å². The second-order valence-corrected chi connectivity index (χ2v) is 2.09. The molecule has 0 saturated carbocycles. The van der Waals surface area contributed by atoms with E-state index in [1.165, 1.54) is 0 Å². The number of rotatable bonds is 3. The van der Waals surface area contributed by atoms with Crippen LogP contribution in [0.15, 0.2) is 30.3 Å². The molecule has 0 radical (unpaired) electrons. The standard InChI is InChI=1S/C7H8O.C3H4O2/c1-8-7-5-3-2-4-6-7;4-2-1-3-5/h2-6H,1H3;2-3H,1H2. The number of methoxy groups -OCH3 is 1. The number of carbonyl (C=O) groups is 2. The Kier molecular flexibility index (Phi) is 7.39. The largest absolute Gasteiger partial charge is 0.497 e. The molecule has 0 spiro atoms. The second kappa shape index (κ2) is 8.46. The van der Waals surface area contributed by atoms with Crippen LogP contribution in [0.1, 0.15) is 6.42 Å². The Labute approximate surface area is 77.3 Å². The van der Waals surface area contributed by atoms with Crippen LogP contribution < -0.4 is 4.74 Å². The van der Waals surface area contributed by atoms with Crippen LogP contribution in [0.25, 0.3) is 0 Å². The van der Waals surface area contributed by atoms with E-state index in [0.29, 0.717) is 12.6 Å². The highest BCUT2D eigenvalue weighted by Gasteiger charge is 1.80. The van der Waals surface area contributed by atoms with Crippen molar-refractivity contribution in [1.82, 2.24) is 0 Å². The van der Waals surface area contributed by atoms with Crippen molar-refractivity contribution in [2.45, 2.75) is 6.42 Å². The summed E-state index contributed by atoms with van der Waals surface area (Å²) < 4.78 is 4.91. The quantitative estimate of drug-likeness (QED) is 0.522. The molecule has 0 atom stereocenters. The minimum Gasteiger partial charge on any atom is -0.497 e. The van der Waals surface area contributed by atoms with E-state index in [1.54, 1.807) is 7.11 Å². The van der Waals surface area contributed by atoms with Gasteiger partial charge in [0.05, 0.1) is 13.5 Å². The van der Waals surface area contributed by atoms with Crippen molar-refractivity contribution in [2.24, 2.45) is 0 Å². The lowest BCUT2D eigenvalue weighted by atomic mass is 10.3. The average molecular weight is 180 g/mol. The third kappa shape index (κ3) is 6.75. The lowest BCUT2D eigenvalue weighted by molar-refractivity contribution is -0.114. The van der Waals surface area contributed by atoms with E-state index in [1.807, 2.05) is 30.3 Å². The number of benzene rings is 1. The van der Waals surface area contributed by atoms with Crippen LogP contribution in [-0.2, 0) is 9.59 Å². The van der Waals surface area contributed by atoms with Crippen molar-refractivity contribution in [1.29, 1.82) is 0 Å². The molecule has 3 nitrogen and oxygen atoms in total. The van der Waals surface area contributed by atoms with Crippen molar-refractivity contribution in [3.05, 3.63) is 30.3 Å². The summed E-state index contributed by atoms with van der Waals surface area (Å²) in [6.07, 6.45) is 1.15. The molecule has 0 aromatic heterocycles. The molecule has 0 fully saturated rings. The SMILES string of the molecule is COc1ccccc1.O=CCC=O. The summed E-state index contributed by atoms with van der Waals surface area (Å²) in [5.74, 6) is 0.910. The van der Waals surface area contributed by atoms with Crippen molar-refractivity contribution in [3.8, 4) is 5.75 Å². The highest BCUT2D eigenvalue weighted by atomic mass is 16.5. The topological polar surface area (TPSA) is 43.4 Å². The Bertz CT molecular complexity index is 225. The number of aldehydes is 2. The maximum atomic E-state index is 9.17. The van der Waals surface area contributed by atoms with Crippen LogP contribution in [0.2, 0.25) is 0 Å². The third-order valence-electron chi connectivity index (χ3n) is 1.17. The Morgan fingerprint density at radius 1 is 1.15 bits per heavy atom. The minimum atomic E-state index is 0.0278. The number of carbonyl (C=O) groups excluding carboxylic acids is 2. The molecule has 0 aliphatic carbocycles. The van der Waals surface area contributed by atoms with Gasteiger partial charge in [-0.15, -0.1) is 0 Å². The molecule has 1 aromatic rings. The van der Waals surface area contributed by atoms with Crippen molar-refractivity contribution < 1.29 is 14.3 Å². The van der Waals surface area contributed by atoms with Gasteiger partial charge in [0.25, 0.3) is 0 Å². The fraction of sp³-hybridized carbons (Fsp3) is 0.200. The van der Waals surface area contributed by atoms with Gasteiger partial charge in [-0.25, -0.2) is 0 Å². The zero-order chi connectivity index (χ0) is 9.94. The van der Waals surface area contributed by atoms with Gasteiger partial charge in [-0.05, 0) is 12.1 Å². The molecule has 0 amide bonds. The van der Waals surface area contributed by atoms with Crippen LogP contribution in [-0.4, -0.2) is 19.7 Å². The van der Waals surface area contributed by atoms with Crippen LogP contribution in [0.4, 0.5) is 0 Å². The molecular weight excluding hydrogens is 168 g/mol. The lowest BCUT2D eigenvalue weighted by Crippen LogP contribution is -1.78. The van der Waals surface area contributed by atoms with Gasteiger partial charge >= 0.3 is 0 Å². The van der Waals surface area contributed by atoms with Gasteiger partial charge in [0.15, 0.2) is 0 Å². The third-order valence-corrected chi connectivity index (χ3v) is 1.17. The van der Waals surface area contributed by atoms with E-state index in [0.717, 1.165) is 5.75 Å². The first-order valence-corrected chi connectivity index (χ1v) is 3.81. The Balaban J connectivity index is 0.000000252. The zero-order valence-electron chi connectivity index (χ0n) is 7.47. The Morgan fingerprint density at radius 3 is 1.92 bits per heavy atom. The maximum Gasteiger partial charge on any atom is 0.127 e. The molecule has 0 saturated heterocycles. The summed E-state index contributed by atoms with van der Waals surface area (Å²) >= 11 is 0. The van der Waals surface area contributed by atoms with E-state index in [2.05, 4.69) is 0 Å². The Morgan fingerprint density at radius 2 is 1.69 bits per heavy atom. The van der Waals surface area contributed by atoms with Crippen LogP contribution in [0.5, 0.6) is 5.75 Å². The van der Waals surface area contributed by atoms with Gasteiger partial charge in [-0.3, -0.25) is 0 Å². The summed E-state index contributed by atoms with van der Waals surface area (Å²) in [5.41, 5.74) is 0. The van der Waals surface area contributed by atoms with Crippen molar-refractivity contribution >= 4 is 12.6 Å². The molecule has 3 heteroatoms. The molecule has 70 valence electrons. The van der Waals surface area contributed by atoms with E-state index < -0.39 is 0 Å². The molecule has 1 aromatic carbocycles. The van der Waals surface area contributed by atoms with Gasteiger partial charge in [0.2, 0.25) is 0 Å². The van der Waals surface area contributed by atoms with Crippen molar-refractivity contribution in [2.75, 3.05) is 7.11 Å². The molecule has 0 N–H and O–H groups in total. The maximum absolute atomic E-state index is 9.17. The van der Waals surface area contributed by atoms with Crippen LogP contribution in [0.3, 0.4) is 0 Å². The fourth-order valence-corrected chi connectivity index (χ4v) is 0.596. The zero-order valence-corrected chi connectivity index (χ0v) is 7.47. The van der Waals surface area contributed by atoms with Gasteiger partial charge in [0, 0.05) is 0 Å². The summed E-state index contributed by atoms with van der Waals surface area (Å²) in [4.78, 5) is 18.3. The van der Waals surface area contributed by atoms with E-state index in [-0.39, 0.29) is 6.42 Å². The average Bonchev–Trinajstić information content (AvgIpc) is 2.21. The summed E-state index contributed by atoms with van der Waals surface area (Å²) in [7, 11) is 1.66. The predicted octanol–water partition coefficient (Wildman–Crippen LogP) is 1.47. The predicted molar refractivity (Wildman–Crippen MR) is 49.7 cm³/mol. The molecule has 0 heterocycles. The number of para-hydroxylation sites is 1. The first-order chi connectivity index (χ1) is 6.35. The van der Waals surface area contributed by atoms with E-state index in [9.17, 15) is 9.59 Å². The first kappa shape index (κ1) is 11.4. The smallest absolute Gasteiger partial charge is 0.127 e. The molecule has 0 aliphatic rings. The monoisotopic (exact) mass is 180 g/mol. The van der Waals surface area contributed by atoms with E-state index in [4.69, 9.17) is 4.74 Å². The second-order valence-electron chi connectivity index (χ2n) is 2.09. The molecule has 1 rings (SSSR count).